The summed E-state index contributed by atoms with van der Waals surface area (Å²) in [7, 11) is 0. The van der Waals surface area contributed by atoms with Gasteiger partial charge >= 0.3 is 0 Å². The molecule has 5 rings (SSSR count). The molecule has 30 heavy (non-hydrogen) atoms. The molecule has 0 atom stereocenters. The summed E-state index contributed by atoms with van der Waals surface area (Å²) < 4.78 is 16.2. The molecule has 3 aliphatic heterocycles. The molecule has 2 aromatic rings. The van der Waals surface area contributed by atoms with Crippen molar-refractivity contribution in [3.63, 3.8) is 0 Å². The summed E-state index contributed by atoms with van der Waals surface area (Å²) in [4.78, 5) is 28.6. The number of benzene rings is 1. The Morgan fingerprint density at radius 2 is 1.67 bits per heavy atom. The number of aromatic nitrogens is 2. The van der Waals surface area contributed by atoms with E-state index in [-0.39, 0.29) is 12.7 Å². The summed E-state index contributed by atoms with van der Waals surface area (Å²) in [6.07, 6.45) is 0. The standard InChI is InChI=1S/C21H25N5O4/c1-15-12-19(23-21(22-15)26-8-10-28-11-9-26)24-4-6-25(7-5-24)20(27)16-2-3-17-18(13-16)30-14-29-17/h2-3,12-13H,4-11,14H2,1H3. The molecule has 0 N–H and O–H groups in total. The Morgan fingerprint density at radius 3 is 2.47 bits per heavy atom. The molecule has 1 aromatic heterocycles. The summed E-state index contributed by atoms with van der Waals surface area (Å²) in [5, 5.41) is 0. The molecule has 0 bridgehead atoms. The molecule has 0 spiro atoms. The van der Waals surface area contributed by atoms with Crippen molar-refractivity contribution >= 4 is 17.7 Å². The summed E-state index contributed by atoms with van der Waals surface area (Å²) in [5.74, 6) is 3.00. The Hall–Kier alpha value is -3.07. The maximum absolute atomic E-state index is 12.9. The third-order valence-electron chi connectivity index (χ3n) is 5.63. The van der Waals surface area contributed by atoms with Crippen LogP contribution < -0.4 is 19.3 Å². The fraction of sp³-hybridized carbons (Fsp3) is 0.476. The molecular weight excluding hydrogens is 386 g/mol. The number of ether oxygens (including phenoxy) is 3. The van der Waals surface area contributed by atoms with E-state index < -0.39 is 0 Å². The number of morpholine rings is 1. The zero-order valence-corrected chi connectivity index (χ0v) is 17.0. The van der Waals surface area contributed by atoms with Crippen LogP contribution in [0.3, 0.4) is 0 Å². The van der Waals surface area contributed by atoms with Gasteiger partial charge in [-0.1, -0.05) is 0 Å². The van der Waals surface area contributed by atoms with Crippen LogP contribution in [0.15, 0.2) is 24.3 Å². The number of carbonyl (C=O) groups is 1. The molecule has 0 radical (unpaired) electrons. The normalized spacial score (nSPS) is 18.6. The second-order valence-corrected chi connectivity index (χ2v) is 7.61. The van der Waals surface area contributed by atoms with Crippen molar-refractivity contribution in [1.82, 2.24) is 14.9 Å². The molecule has 9 heteroatoms. The van der Waals surface area contributed by atoms with Crippen molar-refractivity contribution in [3.8, 4) is 11.5 Å². The average molecular weight is 411 g/mol. The summed E-state index contributed by atoms with van der Waals surface area (Å²) in [6, 6.07) is 7.37. The van der Waals surface area contributed by atoms with Crippen LogP contribution in [-0.4, -0.2) is 80.1 Å². The molecule has 0 unspecified atom stereocenters. The van der Waals surface area contributed by atoms with E-state index in [4.69, 9.17) is 19.2 Å². The van der Waals surface area contributed by atoms with Crippen molar-refractivity contribution in [2.45, 2.75) is 6.92 Å². The van der Waals surface area contributed by atoms with E-state index in [9.17, 15) is 4.79 Å². The Morgan fingerprint density at radius 1 is 0.900 bits per heavy atom. The van der Waals surface area contributed by atoms with Gasteiger partial charge in [0, 0.05) is 56.6 Å². The number of hydrogen-bond acceptors (Lipinski definition) is 8. The van der Waals surface area contributed by atoms with E-state index in [0.29, 0.717) is 43.4 Å². The molecule has 1 aromatic carbocycles. The van der Waals surface area contributed by atoms with Crippen LogP contribution in [0.5, 0.6) is 11.5 Å². The first-order valence-corrected chi connectivity index (χ1v) is 10.3. The van der Waals surface area contributed by atoms with Gasteiger partial charge in [-0.2, -0.15) is 4.98 Å². The van der Waals surface area contributed by atoms with Crippen molar-refractivity contribution < 1.29 is 19.0 Å². The maximum atomic E-state index is 12.9. The fourth-order valence-corrected chi connectivity index (χ4v) is 3.95. The van der Waals surface area contributed by atoms with E-state index in [1.165, 1.54) is 0 Å². The Kier molecular flexibility index (Phi) is 5.04. The number of hydrogen-bond donors (Lipinski definition) is 0. The highest BCUT2D eigenvalue weighted by atomic mass is 16.7. The number of nitrogens with zero attached hydrogens (tertiary/aromatic N) is 5. The lowest BCUT2D eigenvalue weighted by molar-refractivity contribution is 0.0746. The predicted octanol–water partition coefficient (Wildman–Crippen LogP) is 1.31. The summed E-state index contributed by atoms with van der Waals surface area (Å²) in [6.45, 7) is 7.96. The van der Waals surface area contributed by atoms with Gasteiger partial charge in [-0.3, -0.25) is 4.79 Å². The first kappa shape index (κ1) is 18.9. The first-order valence-electron chi connectivity index (χ1n) is 10.3. The number of aryl methyl sites for hydroxylation is 1. The van der Waals surface area contributed by atoms with Crippen LogP contribution in [0.2, 0.25) is 0 Å². The zero-order chi connectivity index (χ0) is 20.5. The zero-order valence-electron chi connectivity index (χ0n) is 17.0. The Bertz CT molecular complexity index is 939. The molecule has 0 aliphatic carbocycles. The molecule has 4 heterocycles. The number of rotatable bonds is 3. The maximum Gasteiger partial charge on any atom is 0.254 e. The molecule has 2 fully saturated rings. The lowest BCUT2D eigenvalue weighted by Crippen LogP contribution is -2.49. The smallest absolute Gasteiger partial charge is 0.254 e. The van der Waals surface area contributed by atoms with Gasteiger partial charge in [-0.25, -0.2) is 4.98 Å². The number of anilines is 2. The third kappa shape index (κ3) is 3.72. The molecule has 9 nitrogen and oxygen atoms in total. The monoisotopic (exact) mass is 411 g/mol. The molecule has 158 valence electrons. The van der Waals surface area contributed by atoms with Crippen LogP contribution >= 0.6 is 0 Å². The fourth-order valence-electron chi connectivity index (χ4n) is 3.95. The number of carbonyl (C=O) groups excluding carboxylic acids is 1. The first-order chi connectivity index (χ1) is 14.7. The van der Waals surface area contributed by atoms with Crippen molar-refractivity contribution in [3.05, 3.63) is 35.5 Å². The highest BCUT2D eigenvalue weighted by Crippen LogP contribution is 2.33. The van der Waals surface area contributed by atoms with E-state index >= 15 is 0 Å². The van der Waals surface area contributed by atoms with Crippen molar-refractivity contribution in [2.75, 3.05) is 69.1 Å². The lowest BCUT2D eigenvalue weighted by atomic mass is 10.1. The van der Waals surface area contributed by atoms with Gasteiger partial charge in [0.1, 0.15) is 5.82 Å². The minimum absolute atomic E-state index is 0.0147. The van der Waals surface area contributed by atoms with E-state index in [0.717, 1.165) is 43.6 Å². The van der Waals surface area contributed by atoms with Gasteiger partial charge in [0.15, 0.2) is 11.5 Å². The number of amides is 1. The summed E-state index contributed by atoms with van der Waals surface area (Å²) in [5.41, 5.74) is 1.57. The largest absolute Gasteiger partial charge is 0.454 e. The average Bonchev–Trinajstić information content (AvgIpc) is 3.27. The van der Waals surface area contributed by atoms with Crippen molar-refractivity contribution in [1.29, 1.82) is 0 Å². The highest BCUT2D eigenvalue weighted by Gasteiger charge is 2.25. The van der Waals surface area contributed by atoms with E-state index in [1.54, 1.807) is 18.2 Å². The topological polar surface area (TPSA) is 80.3 Å². The Labute approximate surface area is 175 Å². The van der Waals surface area contributed by atoms with Gasteiger partial charge in [-0.05, 0) is 25.1 Å². The Balaban J connectivity index is 1.25. The van der Waals surface area contributed by atoms with Gasteiger partial charge in [0.25, 0.3) is 5.91 Å². The van der Waals surface area contributed by atoms with Gasteiger partial charge in [0.2, 0.25) is 12.7 Å². The quantitative estimate of drug-likeness (QED) is 0.748. The molecular formula is C21H25N5O4. The van der Waals surface area contributed by atoms with Crippen LogP contribution in [0, 0.1) is 6.92 Å². The van der Waals surface area contributed by atoms with Crippen LogP contribution in [0.4, 0.5) is 11.8 Å². The van der Waals surface area contributed by atoms with E-state index in [2.05, 4.69) is 14.8 Å². The second-order valence-electron chi connectivity index (χ2n) is 7.61. The van der Waals surface area contributed by atoms with E-state index in [1.807, 2.05) is 17.9 Å². The molecule has 1 amide bonds. The second kappa shape index (κ2) is 7.98. The van der Waals surface area contributed by atoms with Gasteiger partial charge in [0.05, 0.1) is 13.2 Å². The molecule has 2 saturated heterocycles. The van der Waals surface area contributed by atoms with Crippen LogP contribution in [0.1, 0.15) is 16.1 Å². The summed E-state index contributed by atoms with van der Waals surface area (Å²) >= 11 is 0. The minimum Gasteiger partial charge on any atom is -0.454 e. The molecule has 0 saturated carbocycles. The minimum atomic E-state index is 0.0147. The van der Waals surface area contributed by atoms with Crippen LogP contribution in [-0.2, 0) is 4.74 Å². The number of piperazine rings is 1. The third-order valence-corrected chi connectivity index (χ3v) is 5.63. The van der Waals surface area contributed by atoms with Crippen LogP contribution in [0.25, 0.3) is 0 Å². The van der Waals surface area contributed by atoms with Gasteiger partial charge in [-0.15, -0.1) is 0 Å². The molecule has 3 aliphatic rings. The predicted molar refractivity (Wildman–Crippen MR) is 110 cm³/mol. The highest BCUT2D eigenvalue weighted by molar-refractivity contribution is 5.95. The number of fused-ring (bicyclic) bond motifs is 1. The van der Waals surface area contributed by atoms with Gasteiger partial charge < -0.3 is 28.9 Å². The van der Waals surface area contributed by atoms with Crippen molar-refractivity contribution in [2.24, 2.45) is 0 Å². The SMILES string of the molecule is Cc1cc(N2CCN(C(=O)c3ccc4c(c3)OCO4)CC2)nc(N2CCOCC2)n1. The lowest BCUT2D eigenvalue weighted by Gasteiger charge is -2.36.